The van der Waals surface area contributed by atoms with Gasteiger partial charge in [-0.25, -0.2) is 4.98 Å². The van der Waals surface area contributed by atoms with Crippen LogP contribution in [-0.2, 0) is 19.4 Å². The molecule has 0 saturated heterocycles. The van der Waals surface area contributed by atoms with Crippen molar-refractivity contribution < 1.29 is 5.11 Å². The quantitative estimate of drug-likeness (QED) is 0.839. The molecule has 3 heteroatoms. The zero-order valence-electron chi connectivity index (χ0n) is 10.3. The number of thiophene rings is 1. The Labute approximate surface area is 105 Å². The van der Waals surface area contributed by atoms with E-state index in [1.807, 2.05) is 18.3 Å². The summed E-state index contributed by atoms with van der Waals surface area (Å²) in [6, 6.07) is 0. The minimum absolute atomic E-state index is 0.102. The molecular formula is C14H17NOS. The summed E-state index contributed by atoms with van der Waals surface area (Å²) < 4.78 is 0. The maximum Gasteiger partial charge on any atom is 0.124 e. The molecule has 0 atom stereocenters. The van der Waals surface area contributed by atoms with Gasteiger partial charge in [-0.15, -0.1) is 11.3 Å². The second-order valence-electron chi connectivity index (χ2n) is 4.85. The molecule has 0 bridgehead atoms. The summed E-state index contributed by atoms with van der Waals surface area (Å²) >= 11 is 1.85. The molecule has 0 fully saturated rings. The standard InChI is InChI=1S/C14H17NOS/c1-8-11(7-16)9(2)15-14-13(8)10-5-3-4-6-12(10)17-14/h16H,3-7H2,1-2H3. The Morgan fingerprint density at radius 1 is 1.24 bits per heavy atom. The maximum atomic E-state index is 9.46. The molecule has 1 aliphatic rings. The SMILES string of the molecule is Cc1nc2sc3c(c2c(C)c1CO)CCCC3. The van der Waals surface area contributed by atoms with Gasteiger partial charge in [0.15, 0.2) is 0 Å². The summed E-state index contributed by atoms with van der Waals surface area (Å²) in [4.78, 5) is 7.37. The monoisotopic (exact) mass is 247 g/mol. The number of nitrogens with zero attached hydrogens (tertiary/aromatic N) is 1. The fourth-order valence-electron chi connectivity index (χ4n) is 2.89. The molecule has 2 nitrogen and oxygen atoms in total. The summed E-state index contributed by atoms with van der Waals surface area (Å²) in [5, 5.41) is 10.8. The Morgan fingerprint density at radius 3 is 2.76 bits per heavy atom. The molecule has 0 amide bonds. The van der Waals surface area contributed by atoms with Gasteiger partial charge in [0.1, 0.15) is 4.83 Å². The fourth-order valence-corrected chi connectivity index (χ4v) is 4.26. The van der Waals surface area contributed by atoms with Crippen LogP contribution in [0.15, 0.2) is 0 Å². The average molecular weight is 247 g/mol. The van der Waals surface area contributed by atoms with Crippen LogP contribution in [0.2, 0.25) is 0 Å². The molecule has 3 rings (SSSR count). The minimum atomic E-state index is 0.102. The van der Waals surface area contributed by atoms with Gasteiger partial charge in [-0.1, -0.05) is 0 Å². The van der Waals surface area contributed by atoms with Crippen LogP contribution in [0.1, 0.15) is 40.1 Å². The average Bonchev–Trinajstić information content (AvgIpc) is 2.67. The number of aliphatic hydroxyl groups excluding tert-OH is 1. The van der Waals surface area contributed by atoms with Gasteiger partial charge >= 0.3 is 0 Å². The van der Waals surface area contributed by atoms with E-state index in [2.05, 4.69) is 11.9 Å². The van der Waals surface area contributed by atoms with Crippen LogP contribution in [0.3, 0.4) is 0 Å². The van der Waals surface area contributed by atoms with Gasteiger partial charge in [0.05, 0.1) is 6.61 Å². The lowest BCUT2D eigenvalue weighted by molar-refractivity contribution is 0.280. The Bertz CT molecular complexity index is 586. The van der Waals surface area contributed by atoms with Crippen molar-refractivity contribution in [2.24, 2.45) is 0 Å². The van der Waals surface area contributed by atoms with Crippen molar-refractivity contribution in [1.82, 2.24) is 4.98 Å². The number of aliphatic hydroxyl groups is 1. The van der Waals surface area contributed by atoms with E-state index in [0.717, 1.165) is 11.3 Å². The highest BCUT2D eigenvalue weighted by Gasteiger charge is 2.20. The van der Waals surface area contributed by atoms with Crippen molar-refractivity contribution in [2.45, 2.75) is 46.1 Å². The number of aryl methyl sites for hydroxylation is 4. The number of hydrogen-bond donors (Lipinski definition) is 1. The van der Waals surface area contributed by atoms with Crippen molar-refractivity contribution in [3.63, 3.8) is 0 Å². The van der Waals surface area contributed by atoms with Crippen molar-refractivity contribution in [2.75, 3.05) is 0 Å². The van der Waals surface area contributed by atoms with E-state index in [4.69, 9.17) is 0 Å². The van der Waals surface area contributed by atoms with Gasteiger partial charge < -0.3 is 5.11 Å². The smallest absolute Gasteiger partial charge is 0.124 e. The predicted molar refractivity (Wildman–Crippen MR) is 71.7 cm³/mol. The normalized spacial score (nSPS) is 15.2. The Hall–Kier alpha value is -0.930. The van der Waals surface area contributed by atoms with Crippen molar-refractivity contribution in [3.8, 4) is 0 Å². The number of aromatic nitrogens is 1. The van der Waals surface area contributed by atoms with Crippen LogP contribution >= 0.6 is 11.3 Å². The van der Waals surface area contributed by atoms with E-state index >= 15 is 0 Å². The van der Waals surface area contributed by atoms with Crippen LogP contribution in [0.4, 0.5) is 0 Å². The number of hydrogen-bond acceptors (Lipinski definition) is 3. The fraction of sp³-hybridized carbons (Fsp3) is 0.500. The van der Waals surface area contributed by atoms with Gasteiger partial charge in [0.25, 0.3) is 0 Å². The van der Waals surface area contributed by atoms with E-state index in [-0.39, 0.29) is 6.61 Å². The van der Waals surface area contributed by atoms with E-state index in [9.17, 15) is 5.11 Å². The summed E-state index contributed by atoms with van der Waals surface area (Å²) in [5.41, 5.74) is 4.75. The third kappa shape index (κ3) is 1.60. The maximum absolute atomic E-state index is 9.46. The van der Waals surface area contributed by atoms with Gasteiger partial charge in [-0.05, 0) is 50.7 Å². The molecular weight excluding hydrogens is 230 g/mol. The summed E-state index contributed by atoms with van der Waals surface area (Å²) in [6.45, 7) is 4.23. The number of fused-ring (bicyclic) bond motifs is 3. The first-order valence-electron chi connectivity index (χ1n) is 6.23. The molecule has 0 spiro atoms. The largest absolute Gasteiger partial charge is 0.392 e. The van der Waals surface area contributed by atoms with Gasteiger partial charge in [-0.2, -0.15) is 0 Å². The van der Waals surface area contributed by atoms with Crippen LogP contribution < -0.4 is 0 Å². The van der Waals surface area contributed by atoms with Crippen LogP contribution in [-0.4, -0.2) is 10.1 Å². The minimum Gasteiger partial charge on any atom is -0.392 e. The first-order valence-corrected chi connectivity index (χ1v) is 7.05. The Kier molecular flexibility index (Phi) is 2.68. The zero-order chi connectivity index (χ0) is 12.0. The molecule has 1 aliphatic carbocycles. The highest BCUT2D eigenvalue weighted by molar-refractivity contribution is 7.18. The molecule has 0 aliphatic heterocycles. The molecule has 90 valence electrons. The lowest BCUT2D eigenvalue weighted by Crippen LogP contribution is -2.01. The van der Waals surface area contributed by atoms with Crippen LogP contribution in [0, 0.1) is 13.8 Å². The molecule has 0 unspecified atom stereocenters. The lowest BCUT2D eigenvalue weighted by Gasteiger charge is -2.13. The number of pyridine rings is 1. The highest BCUT2D eigenvalue weighted by Crippen LogP contribution is 2.38. The third-order valence-corrected chi connectivity index (χ3v) is 5.03. The van der Waals surface area contributed by atoms with E-state index < -0.39 is 0 Å². The molecule has 0 saturated carbocycles. The first-order chi connectivity index (χ1) is 8.22. The summed E-state index contributed by atoms with van der Waals surface area (Å²) in [5.74, 6) is 0. The third-order valence-electron chi connectivity index (χ3n) is 3.84. The van der Waals surface area contributed by atoms with Gasteiger partial charge in [0, 0.05) is 21.5 Å². The van der Waals surface area contributed by atoms with E-state index in [1.54, 1.807) is 0 Å². The van der Waals surface area contributed by atoms with E-state index in [0.29, 0.717) is 0 Å². The molecule has 17 heavy (non-hydrogen) atoms. The molecule has 2 aromatic heterocycles. The molecule has 1 N–H and O–H groups in total. The predicted octanol–water partition coefficient (Wildman–Crippen LogP) is 3.28. The Morgan fingerprint density at radius 2 is 2.00 bits per heavy atom. The van der Waals surface area contributed by atoms with E-state index in [1.165, 1.54) is 51.9 Å². The van der Waals surface area contributed by atoms with Crippen LogP contribution in [0.25, 0.3) is 10.2 Å². The first kappa shape index (κ1) is 11.2. The molecule has 2 heterocycles. The second kappa shape index (κ2) is 4.07. The second-order valence-corrected chi connectivity index (χ2v) is 5.93. The lowest BCUT2D eigenvalue weighted by atomic mass is 9.93. The number of rotatable bonds is 1. The van der Waals surface area contributed by atoms with Crippen LogP contribution in [0.5, 0.6) is 0 Å². The zero-order valence-corrected chi connectivity index (χ0v) is 11.2. The molecule has 2 aromatic rings. The van der Waals surface area contributed by atoms with Gasteiger partial charge in [-0.3, -0.25) is 0 Å². The van der Waals surface area contributed by atoms with Crippen molar-refractivity contribution in [3.05, 3.63) is 27.3 Å². The van der Waals surface area contributed by atoms with Crippen molar-refractivity contribution >= 4 is 21.6 Å². The summed E-state index contributed by atoms with van der Waals surface area (Å²) in [6.07, 6.45) is 5.00. The van der Waals surface area contributed by atoms with Gasteiger partial charge in [0.2, 0.25) is 0 Å². The molecule has 0 aromatic carbocycles. The highest BCUT2D eigenvalue weighted by atomic mass is 32.1. The van der Waals surface area contributed by atoms with Crippen molar-refractivity contribution in [1.29, 1.82) is 0 Å². The topological polar surface area (TPSA) is 33.1 Å². The Balaban J connectivity index is 2.36. The molecule has 0 radical (unpaired) electrons. The summed E-state index contributed by atoms with van der Waals surface area (Å²) in [7, 11) is 0.